The maximum Gasteiger partial charge on any atom is 0.321 e. The summed E-state index contributed by atoms with van der Waals surface area (Å²) < 4.78 is 5.09. The van der Waals surface area contributed by atoms with E-state index in [2.05, 4.69) is 29.3 Å². The third-order valence-corrected chi connectivity index (χ3v) is 3.00. The van der Waals surface area contributed by atoms with E-state index >= 15 is 0 Å². The third-order valence-electron chi connectivity index (χ3n) is 2.27. The van der Waals surface area contributed by atoms with E-state index in [1.807, 2.05) is 0 Å². The van der Waals surface area contributed by atoms with E-state index in [1.165, 1.54) is 0 Å². The molecular weight excluding hydrogens is 273 g/mol. The molecule has 96 valence electrons. The summed E-state index contributed by atoms with van der Waals surface area (Å²) >= 11 is 11.8. The van der Waals surface area contributed by atoms with Gasteiger partial charge in [-0.2, -0.15) is 4.98 Å². The second kappa shape index (κ2) is 5.59. The molecule has 0 radical (unpaired) electrons. The van der Waals surface area contributed by atoms with E-state index in [0.29, 0.717) is 27.8 Å². The fourth-order valence-corrected chi connectivity index (χ4v) is 1.64. The molecule has 0 spiro atoms. The van der Waals surface area contributed by atoms with Gasteiger partial charge in [-0.15, -0.1) is 0 Å². The van der Waals surface area contributed by atoms with Crippen LogP contribution in [0.5, 0.6) is 0 Å². The highest BCUT2D eigenvalue weighted by molar-refractivity contribution is 6.42. The summed E-state index contributed by atoms with van der Waals surface area (Å²) in [5.74, 6) is 0.991. The Hall–Kier alpha value is -1.26. The van der Waals surface area contributed by atoms with Gasteiger partial charge >= 0.3 is 6.01 Å². The normalized spacial score (nSPS) is 10.9. The molecule has 2 rings (SSSR count). The zero-order valence-corrected chi connectivity index (χ0v) is 11.6. The molecule has 0 fully saturated rings. The van der Waals surface area contributed by atoms with Gasteiger partial charge in [0, 0.05) is 12.1 Å². The first-order valence-corrected chi connectivity index (χ1v) is 6.35. The Kier molecular flexibility index (Phi) is 4.09. The van der Waals surface area contributed by atoms with Crippen LogP contribution in [-0.2, 0) is 0 Å². The minimum atomic E-state index is 0.407. The van der Waals surface area contributed by atoms with Crippen LogP contribution in [0.1, 0.15) is 13.8 Å². The summed E-state index contributed by atoms with van der Waals surface area (Å²) in [6.45, 7) is 4.98. The number of halogens is 2. The third kappa shape index (κ3) is 3.15. The fourth-order valence-electron chi connectivity index (χ4n) is 1.34. The molecule has 0 saturated heterocycles. The smallest absolute Gasteiger partial charge is 0.321 e. The van der Waals surface area contributed by atoms with Gasteiger partial charge in [0.2, 0.25) is 5.82 Å². The molecule has 0 amide bonds. The van der Waals surface area contributed by atoms with Crippen LogP contribution >= 0.6 is 23.2 Å². The highest BCUT2D eigenvalue weighted by Crippen LogP contribution is 2.27. The Bertz CT molecular complexity index is 540. The van der Waals surface area contributed by atoms with E-state index in [-0.39, 0.29) is 0 Å². The van der Waals surface area contributed by atoms with Crippen molar-refractivity contribution in [2.75, 3.05) is 11.9 Å². The SMILES string of the molecule is CC(C)CNc1nc(-c2ccc(Cl)c(Cl)c2)no1. The Labute approximate surface area is 115 Å². The maximum atomic E-state index is 5.94. The first-order chi connectivity index (χ1) is 8.56. The lowest BCUT2D eigenvalue weighted by atomic mass is 10.2. The second-order valence-electron chi connectivity index (χ2n) is 4.33. The summed E-state index contributed by atoms with van der Waals surface area (Å²) in [5, 5.41) is 7.92. The van der Waals surface area contributed by atoms with Crippen LogP contribution in [-0.4, -0.2) is 16.7 Å². The summed E-state index contributed by atoms with van der Waals surface area (Å²) in [4.78, 5) is 4.23. The van der Waals surface area contributed by atoms with Gasteiger partial charge in [-0.25, -0.2) is 0 Å². The first-order valence-electron chi connectivity index (χ1n) is 5.59. The van der Waals surface area contributed by atoms with Crippen LogP contribution in [0.15, 0.2) is 22.7 Å². The summed E-state index contributed by atoms with van der Waals surface area (Å²) in [5.41, 5.74) is 0.769. The van der Waals surface area contributed by atoms with Crippen molar-refractivity contribution in [2.24, 2.45) is 5.92 Å². The maximum absolute atomic E-state index is 5.94. The molecule has 0 aliphatic rings. The van der Waals surface area contributed by atoms with Crippen molar-refractivity contribution in [2.45, 2.75) is 13.8 Å². The van der Waals surface area contributed by atoms with Crippen LogP contribution in [0.4, 0.5) is 6.01 Å². The quantitative estimate of drug-likeness (QED) is 0.918. The molecule has 2 aromatic rings. The van der Waals surface area contributed by atoms with Gasteiger partial charge in [-0.05, 0) is 24.1 Å². The molecule has 1 heterocycles. The number of nitrogens with one attached hydrogen (secondary N) is 1. The highest BCUT2D eigenvalue weighted by atomic mass is 35.5. The van der Waals surface area contributed by atoms with Crippen molar-refractivity contribution in [3.05, 3.63) is 28.2 Å². The number of hydrogen-bond donors (Lipinski definition) is 1. The summed E-state index contributed by atoms with van der Waals surface area (Å²) in [6, 6.07) is 5.62. The standard InChI is InChI=1S/C12H13Cl2N3O/c1-7(2)6-15-12-16-11(17-18-12)8-3-4-9(13)10(14)5-8/h3-5,7H,6H2,1-2H3,(H,15,16,17). The topological polar surface area (TPSA) is 51.0 Å². The Morgan fingerprint density at radius 1 is 1.28 bits per heavy atom. The Balaban J connectivity index is 2.16. The molecule has 0 aliphatic carbocycles. The Morgan fingerprint density at radius 2 is 2.06 bits per heavy atom. The number of aromatic nitrogens is 2. The van der Waals surface area contributed by atoms with Gasteiger partial charge in [0.05, 0.1) is 10.0 Å². The van der Waals surface area contributed by atoms with E-state index in [4.69, 9.17) is 27.7 Å². The van der Waals surface area contributed by atoms with Crippen molar-refractivity contribution < 1.29 is 4.52 Å². The first kappa shape index (κ1) is 13.2. The lowest BCUT2D eigenvalue weighted by Gasteiger charge is -2.02. The monoisotopic (exact) mass is 285 g/mol. The number of rotatable bonds is 4. The van der Waals surface area contributed by atoms with Crippen LogP contribution in [0.25, 0.3) is 11.4 Å². The predicted molar refractivity (Wildman–Crippen MR) is 73.1 cm³/mol. The molecule has 6 heteroatoms. The van der Waals surface area contributed by atoms with Crippen LogP contribution < -0.4 is 5.32 Å². The molecular formula is C12H13Cl2N3O. The van der Waals surface area contributed by atoms with Gasteiger partial charge in [-0.1, -0.05) is 42.2 Å². The molecule has 18 heavy (non-hydrogen) atoms. The average molecular weight is 286 g/mol. The molecule has 0 aliphatic heterocycles. The molecule has 1 aromatic heterocycles. The van der Waals surface area contributed by atoms with Gasteiger partial charge in [0.25, 0.3) is 0 Å². The van der Waals surface area contributed by atoms with Crippen molar-refractivity contribution in [3.63, 3.8) is 0 Å². The largest absolute Gasteiger partial charge is 0.337 e. The summed E-state index contributed by atoms with van der Waals surface area (Å²) in [6.07, 6.45) is 0. The van der Waals surface area contributed by atoms with Crippen LogP contribution in [0.2, 0.25) is 10.0 Å². The van der Waals surface area contributed by atoms with Crippen LogP contribution in [0.3, 0.4) is 0 Å². The fraction of sp³-hybridized carbons (Fsp3) is 0.333. The van der Waals surface area contributed by atoms with Crippen molar-refractivity contribution in [1.82, 2.24) is 10.1 Å². The highest BCUT2D eigenvalue weighted by Gasteiger charge is 2.10. The molecule has 4 nitrogen and oxygen atoms in total. The van der Waals surface area contributed by atoms with Crippen molar-refractivity contribution in [3.8, 4) is 11.4 Å². The average Bonchev–Trinajstić information content (AvgIpc) is 2.79. The molecule has 0 saturated carbocycles. The molecule has 0 atom stereocenters. The molecule has 0 unspecified atom stereocenters. The minimum Gasteiger partial charge on any atom is -0.337 e. The van der Waals surface area contributed by atoms with Gasteiger partial charge in [-0.3, -0.25) is 0 Å². The predicted octanol–water partition coefficient (Wildman–Crippen LogP) is 4.11. The lowest BCUT2D eigenvalue weighted by Crippen LogP contribution is -2.07. The summed E-state index contributed by atoms with van der Waals surface area (Å²) in [7, 11) is 0. The molecule has 1 aromatic carbocycles. The van der Waals surface area contributed by atoms with E-state index < -0.39 is 0 Å². The zero-order chi connectivity index (χ0) is 13.1. The van der Waals surface area contributed by atoms with Gasteiger partial charge in [0.1, 0.15) is 0 Å². The van der Waals surface area contributed by atoms with E-state index in [9.17, 15) is 0 Å². The lowest BCUT2D eigenvalue weighted by molar-refractivity contribution is 0.430. The van der Waals surface area contributed by atoms with E-state index in [0.717, 1.165) is 12.1 Å². The number of anilines is 1. The number of benzene rings is 1. The minimum absolute atomic E-state index is 0.407. The van der Waals surface area contributed by atoms with E-state index in [1.54, 1.807) is 18.2 Å². The molecule has 0 bridgehead atoms. The van der Waals surface area contributed by atoms with Crippen molar-refractivity contribution >= 4 is 29.2 Å². The van der Waals surface area contributed by atoms with Gasteiger partial charge < -0.3 is 9.84 Å². The Morgan fingerprint density at radius 3 is 2.72 bits per heavy atom. The molecule has 1 N–H and O–H groups in total. The zero-order valence-electron chi connectivity index (χ0n) is 10.1. The van der Waals surface area contributed by atoms with Crippen molar-refractivity contribution in [1.29, 1.82) is 0 Å². The van der Waals surface area contributed by atoms with Crippen LogP contribution in [0, 0.1) is 5.92 Å². The second-order valence-corrected chi connectivity index (χ2v) is 5.14. The number of hydrogen-bond acceptors (Lipinski definition) is 4. The number of nitrogens with zero attached hydrogens (tertiary/aromatic N) is 2. The van der Waals surface area contributed by atoms with Gasteiger partial charge in [0.15, 0.2) is 0 Å².